The predicted molar refractivity (Wildman–Crippen MR) is 87.4 cm³/mol. The van der Waals surface area contributed by atoms with Crippen molar-refractivity contribution in [2.75, 3.05) is 22.6 Å². The first-order valence-corrected chi connectivity index (χ1v) is 7.78. The number of benzene rings is 1. The van der Waals surface area contributed by atoms with Gasteiger partial charge in [-0.3, -0.25) is 9.59 Å². The number of amides is 1. The molecule has 0 radical (unpaired) electrons. The molecular weight excluding hydrogens is 288 g/mol. The highest BCUT2D eigenvalue weighted by Gasteiger charge is 2.16. The molecule has 0 aliphatic rings. The first-order chi connectivity index (χ1) is 9.67. The fraction of sp³-hybridized carbons (Fsp3) is 0.467. The van der Waals surface area contributed by atoms with Crippen LogP contribution in [0.5, 0.6) is 0 Å². The van der Waals surface area contributed by atoms with Crippen molar-refractivity contribution in [2.24, 2.45) is 0 Å². The number of nitrogen functional groups attached to an aromatic ring is 1. The summed E-state index contributed by atoms with van der Waals surface area (Å²) in [5.74, 6) is -0.147. The van der Waals surface area contributed by atoms with Crippen molar-refractivity contribution in [1.29, 1.82) is 0 Å². The molecule has 0 unspecified atom stereocenters. The molecule has 1 aromatic rings. The number of carbonyl (C=O) groups is 2. The number of thioether (sulfide) groups is 1. The minimum atomic E-state index is -0.501. The molecule has 0 saturated carbocycles. The topological polar surface area (TPSA) is 81.4 Å². The summed E-state index contributed by atoms with van der Waals surface area (Å²) in [4.78, 5) is 23.3. The highest BCUT2D eigenvalue weighted by Crippen LogP contribution is 2.18. The van der Waals surface area contributed by atoms with E-state index in [1.165, 1.54) is 11.8 Å². The summed E-state index contributed by atoms with van der Waals surface area (Å²) in [6, 6.07) is 5.34. The molecule has 3 N–H and O–H groups in total. The Kier molecular flexibility index (Phi) is 6.08. The number of carbonyl (C=O) groups excluding carboxylic acids is 2. The molecule has 1 aromatic carbocycles. The van der Waals surface area contributed by atoms with Crippen molar-refractivity contribution < 1.29 is 14.3 Å². The molecule has 0 saturated heterocycles. The predicted octanol–water partition coefficient (Wildman–Crippen LogP) is 2.59. The third kappa shape index (κ3) is 7.04. The number of esters is 1. The fourth-order valence-corrected chi connectivity index (χ4v) is 2.14. The quantitative estimate of drug-likeness (QED) is 0.645. The molecule has 0 aliphatic carbocycles. The van der Waals surface area contributed by atoms with Gasteiger partial charge in [-0.1, -0.05) is 6.07 Å². The number of nitrogens with one attached hydrogen (secondary N) is 1. The van der Waals surface area contributed by atoms with E-state index in [4.69, 9.17) is 10.5 Å². The van der Waals surface area contributed by atoms with Crippen molar-refractivity contribution in [3.8, 4) is 0 Å². The molecule has 6 heteroatoms. The lowest BCUT2D eigenvalue weighted by molar-refractivity contribution is -0.151. The average Bonchev–Trinajstić information content (AvgIpc) is 2.31. The van der Waals surface area contributed by atoms with E-state index in [2.05, 4.69) is 5.32 Å². The summed E-state index contributed by atoms with van der Waals surface area (Å²) in [5.41, 5.74) is 7.41. The Hall–Kier alpha value is -1.69. The monoisotopic (exact) mass is 310 g/mol. The third-order valence-electron chi connectivity index (χ3n) is 2.41. The smallest absolute Gasteiger partial charge is 0.316 e. The Labute approximate surface area is 129 Å². The van der Waals surface area contributed by atoms with Crippen LogP contribution in [0.3, 0.4) is 0 Å². The maximum Gasteiger partial charge on any atom is 0.316 e. The minimum absolute atomic E-state index is 0.153. The summed E-state index contributed by atoms with van der Waals surface area (Å²) in [6.07, 6.45) is 0. The molecule has 21 heavy (non-hydrogen) atoms. The Bertz CT molecular complexity index is 524. The largest absolute Gasteiger partial charge is 0.459 e. The van der Waals surface area contributed by atoms with Crippen LogP contribution < -0.4 is 11.1 Å². The highest BCUT2D eigenvalue weighted by atomic mass is 32.2. The van der Waals surface area contributed by atoms with Crippen LogP contribution in [0.1, 0.15) is 26.3 Å². The van der Waals surface area contributed by atoms with Gasteiger partial charge in [-0.2, -0.15) is 0 Å². The Balaban J connectivity index is 2.38. The first-order valence-electron chi connectivity index (χ1n) is 6.63. The molecule has 0 bridgehead atoms. The van der Waals surface area contributed by atoms with Crippen molar-refractivity contribution >= 4 is 35.0 Å². The van der Waals surface area contributed by atoms with Gasteiger partial charge in [-0.15, -0.1) is 11.8 Å². The second-order valence-corrected chi connectivity index (χ2v) is 6.69. The molecule has 5 nitrogen and oxygen atoms in total. The molecule has 0 atom stereocenters. The van der Waals surface area contributed by atoms with Gasteiger partial charge in [0.15, 0.2) is 0 Å². The maximum atomic E-state index is 11.8. The van der Waals surface area contributed by atoms with Crippen LogP contribution in [-0.2, 0) is 14.3 Å². The fourth-order valence-electron chi connectivity index (χ4n) is 1.56. The van der Waals surface area contributed by atoms with Gasteiger partial charge in [-0.05, 0) is 45.4 Å². The van der Waals surface area contributed by atoms with E-state index < -0.39 is 5.60 Å². The molecular formula is C15H22N2O3S. The molecule has 116 valence electrons. The van der Waals surface area contributed by atoms with Crippen LogP contribution in [0.2, 0.25) is 0 Å². The third-order valence-corrected chi connectivity index (χ3v) is 3.31. The Morgan fingerprint density at radius 2 is 1.95 bits per heavy atom. The second-order valence-electron chi connectivity index (χ2n) is 5.70. The minimum Gasteiger partial charge on any atom is -0.459 e. The number of hydrogen-bond acceptors (Lipinski definition) is 5. The molecule has 0 spiro atoms. The lowest BCUT2D eigenvalue weighted by Crippen LogP contribution is -2.25. The lowest BCUT2D eigenvalue weighted by atomic mass is 10.2. The van der Waals surface area contributed by atoms with Gasteiger partial charge < -0.3 is 15.8 Å². The zero-order valence-electron chi connectivity index (χ0n) is 12.9. The number of aryl methyl sites for hydroxylation is 1. The summed E-state index contributed by atoms with van der Waals surface area (Å²) in [6.45, 7) is 7.32. The van der Waals surface area contributed by atoms with E-state index >= 15 is 0 Å². The number of hydrogen-bond donors (Lipinski definition) is 2. The van der Waals surface area contributed by atoms with Gasteiger partial charge in [0.1, 0.15) is 5.60 Å². The molecule has 1 amide bonds. The summed E-state index contributed by atoms with van der Waals surface area (Å²) in [5, 5.41) is 2.78. The number of anilines is 2. The maximum absolute atomic E-state index is 11.8. The van der Waals surface area contributed by atoms with E-state index in [1.807, 2.05) is 33.8 Å². The van der Waals surface area contributed by atoms with Gasteiger partial charge in [0.05, 0.1) is 11.5 Å². The molecule has 0 fully saturated rings. The summed E-state index contributed by atoms with van der Waals surface area (Å²) in [7, 11) is 0. The molecule has 0 heterocycles. The summed E-state index contributed by atoms with van der Waals surface area (Å²) >= 11 is 1.22. The van der Waals surface area contributed by atoms with E-state index in [0.717, 1.165) is 5.56 Å². The molecule has 1 rings (SSSR count). The number of ether oxygens (including phenoxy) is 1. The van der Waals surface area contributed by atoms with Crippen LogP contribution in [-0.4, -0.2) is 29.0 Å². The van der Waals surface area contributed by atoms with Crippen molar-refractivity contribution in [3.63, 3.8) is 0 Å². The van der Waals surface area contributed by atoms with E-state index in [0.29, 0.717) is 11.4 Å². The zero-order chi connectivity index (χ0) is 16.0. The Morgan fingerprint density at radius 1 is 1.29 bits per heavy atom. The number of nitrogens with two attached hydrogens (primary N) is 1. The molecule has 0 aliphatic heterocycles. The van der Waals surface area contributed by atoms with Gasteiger partial charge >= 0.3 is 5.97 Å². The average molecular weight is 310 g/mol. The second kappa shape index (κ2) is 7.36. The van der Waals surface area contributed by atoms with Crippen molar-refractivity contribution in [3.05, 3.63) is 23.8 Å². The van der Waals surface area contributed by atoms with Gasteiger partial charge in [0, 0.05) is 11.4 Å². The van der Waals surface area contributed by atoms with Gasteiger partial charge in [0.2, 0.25) is 5.91 Å². The zero-order valence-corrected chi connectivity index (χ0v) is 13.7. The van der Waals surface area contributed by atoms with Crippen LogP contribution in [0, 0.1) is 6.92 Å². The normalized spacial score (nSPS) is 11.0. The summed E-state index contributed by atoms with van der Waals surface area (Å²) < 4.78 is 5.16. The number of rotatable bonds is 5. The van der Waals surface area contributed by atoms with E-state index in [1.54, 1.807) is 12.1 Å². The van der Waals surface area contributed by atoms with Crippen LogP contribution in [0.4, 0.5) is 11.4 Å². The van der Waals surface area contributed by atoms with Crippen LogP contribution in [0.15, 0.2) is 18.2 Å². The lowest BCUT2D eigenvalue weighted by Gasteiger charge is -2.19. The first kappa shape index (κ1) is 17.4. The van der Waals surface area contributed by atoms with Gasteiger partial charge in [-0.25, -0.2) is 0 Å². The van der Waals surface area contributed by atoms with Crippen LogP contribution in [0.25, 0.3) is 0 Å². The molecule has 0 aromatic heterocycles. The van der Waals surface area contributed by atoms with Gasteiger partial charge in [0.25, 0.3) is 0 Å². The van der Waals surface area contributed by atoms with Crippen molar-refractivity contribution in [2.45, 2.75) is 33.3 Å². The van der Waals surface area contributed by atoms with Crippen LogP contribution >= 0.6 is 11.8 Å². The van der Waals surface area contributed by atoms with E-state index in [-0.39, 0.29) is 23.4 Å². The standard InChI is InChI=1S/C15H22N2O3S/c1-10-5-6-11(16)7-12(10)17-13(18)8-21-9-14(19)20-15(2,3)4/h5-7H,8-9,16H2,1-4H3,(H,17,18). The van der Waals surface area contributed by atoms with E-state index in [9.17, 15) is 9.59 Å². The highest BCUT2D eigenvalue weighted by molar-refractivity contribution is 8.00. The Morgan fingerprint density at radius 3 is 2.57 bits per heavy atom. The SMILES string of the molecule is Cc1ccc(N)cc1NC(=O)CSCC(=O)OC(C)(C)C. The van der Waals surface area contributed by atoms with Crippen molar-refractivity contribution in [1.82, 2.24) is 0 Å².